The van der Waals surface area contributed by atoms with Gasteiger partial charge in [0.15, 0.2) is 11.5 Å². The van der Waals surface area contributed by atoms with E-state index in [-0.39, 0.29) is 35.6 Å². The summed E-state index contributed by atoms with van der Waals surface area (Å²) in [4.78, 5) is 27.1. The lowest BCUT2D eigenvalue weighted by Gasteiger charge is -2.35. The largest absolute Gasteiger partial charge is 0.493 e. The molecule has 1 aliphatic heterocycles. The molecule has 9 heteroatoms. The van der Waals surface area contributed by atoms with E-state index in [2.05, 4.69) is 4.74 Å². The second-order valence-corrected chi connectivity index (χ2v) is 7.32. The minimum Gasteiger partial charge on any atom is -0.493 e. The van der Waals surface area contributed by atoms with Crippen molar-refractivity contribution in [2.75, 3.05) is 20.3 Å². The average Bonchev–Trinajstić information content (AvgIpc) is 3.19. The van der Waals surface area contributed by atoms with E-state index in [1.807, 2.05) is 24.2 Å². The van der Waals surface area contributed by atoms with Crippen LogP contribution in [-0.2, 0) is 11.8 Å². The SMILES string of the molecule is COc1cc(C(=O)OCCC2CCCCN2C(=O)c2cccn2C)ccc1OC(F)F. The molecule has 168 valence electrons. The number of piperidine rings is 1. The fourth-order valence-electron chi connectivity index (χ4n) is 3.76. The van der Waals surface area contributed by atoms with Crippen LogP contribution < -0.4 is 9.47 Å². The lowest BCUT2D eigenvalue weighted by Crippen LogP contribution is -2.44. The fourth-order valence-corrected chi connectivity index (χ4v) is 3.76. The van der Waals surface area contributed by atoms with E-state index in [1.165, 1.54) is 25.3 Å². The topological polar surface area (TPSA) is 70.0 Å². The van der Waals surface area contributed by atoms with E-state index in [4.69, 9.17) is 9.47 Å². The first-order valence-electron chi connectivity index (χ1n) is 10.1. The monoisotopic (exact) mass is 436 g/mol. The number of nitrogens with zero attached hydrogens (tertiary/aromatic N) is 2. The van der Waals surface area contributed by atoms with Crippen molar-refractivity contribution in [1.82, 2.24) is 9.47 Å². The molecule has 1 fully saturated rings. The first-order valence-corrected chi connectivity index (χ1v) is 10.1. The molecule has 0 N–H and O–H groups in total. The van der Waals surface area contributed by atoms with Crippen LogP contribution in [0.4, 0.5) is 8.78 Å². The maximum atomic E-state index is 12.9. The van der Waals surface area contributed by atoms with Gasteiger partial charge in [0.05, 0.1) is 19.3 Å². The summed E-state index contributed by atoms with van der Waals surface area (Å²) in [5, 5.41) is 0. The number of benzene rings is 1. The van der Waals surface area contributed by atoms with Crippen molar-refractivity contribution in [3.63, 3.8) is 0 Å². The number of halogens is 2. The Balaban J connectivity index is 1.58. The summed E-state index contributed by atoms with van der Waals surface area (Å²) >= 11 is 0. The molecule has 2 heterocycles. The number of aryl methyl sites for hydroxylation is 1. The summed E-state index contributed by atoms with van der Waals surface area (Å²) in [7, 11) is 3.13. The molecule has 0 radical (unpaired) electrons. The Morgan fingerprint density at radius 1 is 1.19 bits per heavy atom. The molecule has 1 aliphatic rings. The summed E-state index contributed by atoms with van der Waals surface area (Å²) < 4.78 is 41.4. The molecule has 0 aliphatic carbocycles. The lowest BCUT2D eigenvalue weighted by molar-refractivity contribution is -0.0512. The second-order valence-electron chi connectivity index (χ2n) is 7.32. The Hall–Kier alpha value is -3.10. The van der Waals surface area contributed by atoms with Gasteiger partial charge in [0.1, 0.15) is 5.69 Å². The third-order valence-electron chi connectivity index (χ3n) is 5.35. The highest BCUT2D eigenvalue weighted by atomic mass is 19.3. The van der Waals surface area contributed by atoms with Crippen LogP contribution in [-0.4, -0.2) is 54.3 Å². The molecule has 7 nitrogen and oxygen atoms in total. The maximum Gasteiger partial charge on any atom is 0.387 e. The van der Waals surface area contributed by atoms with Gasteiger partial charge in [0.2, 0.25) is 0 Å². The number of rotatable bonds is 8. The highest BCUT2D eigenvalue weighted by Gasteiger charge is 2.28. The van der Waals surface area contributed by atoms with Crippen LogP contribution in [0.3, 0.4) is 0 Å². The van der Waals surface area contributed by atoms with E-state index < -0.39 is 12.6 Å². The van der Waals surface area contributed by atoms with Crippen LogP contribution in [0.2, 0.25) is 0 Å². The Kier molecular flexibility index (Phi) is 7.49. The van der Waals surface area contributed by atoms with Crippen LogP contribution in [0.1, 0.15) is 46.5 Å². The summed E-state index contributed by atoms with van der Waals surface area (Å²) in [6.45, 7) is -2.19. The normalized spacial score (nSPS) is 16.3. The van der Waals surface area contributed by atoms with Gasteiger partial charge in [-0.3, -0.25) is 4.79 Å². The van der Waals surface area contributed by atoms with Crippen molar-refractivity contribution in [3.8, 4) is 11.5 Å². The molecule has 2 aromatic rings. The number of amides is 1. The zero-order valence-electron chi connectivity index (χ0n) is 17.6. The maximum absolute atomic E-state index is 12.9. The van der Waals surface area contributed by atoms with Gasteiger partial charge in [-0.15, -0.1) is 0 Å². The van der Waals surface area contributed by atoms with Crippen LogP contribution in [0.25, 0.3) is 0 Å². The molecular weight excluding hydrogens is 410 g/mol. The van der Waals surface area contributed by atoms with Gasteiger partial charge in [0, 0.05) is 32.3 Å². The van der Waals surface area contributed by atoms with Crippen LogP contribution in [0, 0.1) is 0 Å². The molecule has 0 saturated carbocycles. The number of carbonyl (C=O) groups excluding carboxylic acids is 2. The Morgan fingerprint density at radius 2 is 2.00 bits per heavy atom. The molecule has 1 saturated heterocycles. The van der Waals surface area contributed by atoms with E-state index in [0.717, 1.165) is 19.3 Å². The smallest absolute Gasteiger partial charge is 0.387 e. The summed E-state index contributed by atoms with van der Waals surface area (Å²) in [5.41, 5.74) is 0.793. The fraction of sp³-hybridized carbons (Fsp3) is 0.455. The van der Waals surface area contributed by atoms with Crippen LogP contribution in [0.5, 0.6) is 11.5 Å². The molecule has 1 aromatic heterocycles. The number of carbonyl (C=O) groups is 2. The number of methoxy groups -OCH3 is 1. The molecule has 1 amide bonds. The zero-order valence-corrected chi connectivity index (χ0v) is 17.6. The highest BCUT2D eigenvalue weighted by Crippen LogP contribution is 2.30. The Labute approximate surface area is 179 Å². The number of likely N-dealkylation sites (tertiary alicyclic amines) is 1. The number of esters is 1. The number of ether oxygens (including phenoxy) is 3. The molecule has 31 heavy (non-hydrogen) atoms. The van der Waals surface area contributed by atoms with Gasteiger partial charge in [-0.25, -0.2) is 4.79 Å². The van der Waals surface area contributed by atoms with Gasteiger partial charge >= 0.3 is 12.6 Å². The number of alkyl halides is 2. The van der Waals surface area contributed by atoms with Gasteiger partial charge in [0.25, 0.3) is 5.91 Å². The average molecular weight is 436 g/mol. The number of hydrogen-bond acceptors (Lipinski definition) is 5. The van der Waals surface area contributed by atoms with Crippen molar-refractivity contribution in [2.45, 2.75) is 38.3 Å². The third-order valence-corrected chi connectivity index (χ3v) is 5.35. The van der Waals surface area contributed by atoms with E-state index >= 15 is 0 Å². The van der Waals surface area contributed by atoms with Crippen molar-refractivity contribution in [2.24, 2.45) is 7.05 Å². The molecular formula is C22H26F2N2O5. The summed E-state index contributed by atoms with van der Waals surface area (Å²) in [6, 6.07) is 7.49. The van der Waals surface area contributed by atoms with Gasteiger partial charge < -0.3 is 23.7 Å². The van der Waals surface area contributed by atoms with Crippen molar-refractivity contribution in [3.05, 3.63) is 47.8 Å². The van der Waals surface area contributed by atoms with Gasteiger partial charge in [-0.05, 0) is 49.6 Å². The van der Waals surface area contributed by atoms with Crippen molar-refractivity contribution in [1.29, 1.82) is 0 Å². The van der Waals surface area contributed by atoms with Crippen molar-refractivity contribution < 1.29 is 32.6 Å². The highest BCUT2D eigenvalue weighted by molar-refractivity contribution is 5.93. The summed E-state index contributed by atoms with van der Waals surface area (Å²) in [6.07, 6.45) is 5.16. The summed E-state index contributed by atoms with van der Waals surface area (Å²) in [5.74, 6) is -0.770. The predicted molar refractivity (Wildman–Crippen MR) is 109 cm³/mol. The standard InChI is InChI=1S/C22H26F2N2O5/c1-25-11-5-7-17(25)20(27)26-12-4-3-6-16(26)10-13-30-21(28)15-8-9-18(31-22(23)24)19(14-15)29-2/h5,7-9,11,14,16,22H,3-4,6,10,12-13H2,1-2H3. The minimum absolute atomic E-state index is 0.0136. The lowest BCUT2D eigenvalue weighted by atomic mass is 9.99. The van der Waals surface area contributed by atoms with Crippen LogP contribution in [0.15, 0.2) is 36.5 Å². The van der Waals surface area contributed by atoms with E-state index in [9.17, 15) is 18.4 Å². The third kappa shape index (κ3) is 5.53. The van der Waals surface area contributed by atoms with Gasteiger partial charge in [-0.2, -0.15) is 8.78 Å². The minimum atomic E-state index is -3.00. The molecule has 1 atom stereocenters. The van der Waals surface area contributed by atoms with Crippen molar-refractivity contribution >= 4 is 11.9 Å². The Bertz CT molecular complexity index is 915. The molecule has 1 aromatic carbocycles. The second kappa shape index (κ2) is 10.3. The van der Waals surface area contributed by atoms with Gasteiger partial charge in [-0.1, -0.05) is 0 Å². The molecule has 0 bridgehead atoms. The zero-order chi connectivity index (χ0) is 22.4. The number of hydrogen-bond donors (Lipinski definition) is 0. The predicted octanol–water partition coefficient (Wildman–Crippen LogP) is 3.88. The first-order chi connectivity index (χ1) is 14.9. The van der Waals surface area contributed by atoms with E-state index in [0.29, 0.717) is 18.7 Å². The molecule has 1 unspecified atom stereocenters. The quantitative estimate of drug-likeness (QED) is 0.588. The Morgan fingerprint density at radius 3 is 2.68 bits per heavy atom. The van der Waals surface area contributed by atoms with Crippen LogP contribution >= 0.6 is 0 Å². The van der Waals surface area contributed by atoms with E-state index in [1.54, 1.807) is 10.6 Å². The first kappa shape index (κ1) is 22.6. The number of aromatic nitrogens is 1. The molecule has 0 spiro atoms. The molecule has 3 rings (SSSR count).